The number of fused-ring (bicyclic) bond motifs is 1. The molecule has 0 N–H and O–H groups in total. The molecule has 3 rings (SSSR count). The molecule has 0 amide bonds. The molecule has 106 valence electrons. The van der Waals surface area contributed by atoms with Crippen molar-refractivity contribution in [1.29, 1.82) is 0 Å². The second-order valence-electron chi connectivity index (χ2n) is 4.37. The highest BCUT2D eigenvalue weighted by Gasteiger charge is 2.09. The number of azo groups is 1. The fourth-order valence-corrected chi connectivity index (χ4v) is 2.49. The van der Waals surface area contributed by atoms with E-state index in [0.717, 1.165) is 11.3 Å². The van der Waals surface area contributed by atoms with Crippen molar-refractivity contribution in [2.75, 3.05) is 0 Å². The highest BCUT2D eigenvalue weighted by atomic mass is 35.5. The Balaban J connectivity index is 2.06. The molecule has 0 unspecified atom stereocenters. The van der Waals surface area contributed by atoms with E-state index in [1.54, 1.807) is 12.1 Å². The summed E-state index contributed by atoms with van der Waals surface area (Å²) < 4.78 is 1.85. The average molecular weight is 340 g/mol. The first-order valence-corrected chi connectivity index (χ1v) is 7.19. The van der Waals surface area contributed by atoms with E-state index >= 15 is 0 Å². The minimum Gasteiger partial charge on any atom is -0.283 e. The van der Waals surface area contributed by atoms with Gasteiger partial charge in [-0.05, 0) is 31.2 Å². The fourth-order valence-electron chi connectivity index (χ4n) is 1.91. The van der Waals surface area contributed by atoms with E-state index in [-0.39, 0.29) is 0 Å². The third-order valence-corrected chi connectivity index (χ3v) is 3.94. The Hall–Kier alpha value is -1.62. The summed E-state index contributed by atoms with van der Waals surface area (Å²) in [6.07, 6.45) is 1.88. The van der Waals surface area contributed by atoms with Gasteiger partial charge in [0.15, 0.2) is 5.82 Å². The lowest BCUT2D eigenvalue weighted by molar-refractivity contribution is 1.09. The third kappa shape index (κ3) is 2.75. The van der Waals surface area contributed by atoms with E-state index in [2.05, 4.69) is 15.2 Å². The van der Waals surface area contributed by atoms with Crippen LogP contribution in [0, 0.1) is 6.92 Å². The van der Waals surface area contributed by atoms with Crippen molar-refractivity contribution in [3.8, 4) is 0 Å². The van der Waals surface area contributed by atoms with Gasteiger partial charge in [-0.2, -0.15) is 0 Å². The van der Waals surface area contributed by atoms with Crippen LogP contribution in [0.3, 0.4) is 0 Å². The quantitative estimate of drug-likeness (QED) is 0.416. The van der Waals surface area contributed by atoms with Crippen LogP contribution in [-0.2, 0) is 0 Å². The van der Waals surface area contributed by atoms with Crippen LogP contribution in [0.1, 0.15) is 5.69 Å². The number of benzene rings is 1. The zero-order valence-corrected chi connectivity index (χ0v) is 13.2. The van der Waals surface area contributed by atoms with Crippen molar-refractivity contribution in [2.45, 2.75) is 6.92 Å². The molecule has 3 aromatic rings. The second kappa shape index (κ2) is 5.64. The van der Waals surface area contributed by atoms with Crippen LogP contribution in [0.5, 0.6) is 0 Å². The van der Waals surface area contributed by atoms with Gasteiger partial charge in [0.1, 0.15) is 11.3 Å². The lowest BCUT2D eigenvalue weighted by Gasteiger charge is -2.00. The summed E-state index contributed by atoms with van der Waals surface area (Å²) in [5.74, 6) is 0.646. The van der Waals surface area contributed by atoms with Crippen molar-refractivity contribution < 1.29 is 0 Å². The van der Waals surface area contributed by atoms with Gasteiger partial charge in [0, 0.05) is 6.20 Å². The number of rotatable bonds is 2. The predicted molar refractivity (Wildman–Crippen MR) is 85.6 cm³/mol. The van der Waals surface area contributed by atoms with E-state index in [4.69, 9.17) is 34.8 Å². The molecule has 2 aromatic heterocycles. The number of pyridine rings is 1. The fraction of sp³-hybridized carbons (Fsp3) is 0.0714. The van der Waals surface area contributed by atoms with Crippen molar-refractivity contribution in [3.63, 3.8) is 0 Å². The SMILES string of the molecule is Cc1nc2ccccn2c1N=Nc1cc(Cl)c(Cl)cc1Cl. The zero-order chi connectivity index (χ0) is 15.0. The van der Waals surface area contributed by atoms with Gasteiger partial charge in [-0.15, -0.1) is 10.2 Å². The van der Waals surface area contributed by atoms with Crippen molar-refractivity contribution >= 4 is 52.0 Å². The third-order valence-electron chi connectivity index (χ3n) is 2.91. The van der Waals surface area contributed by atoms with Crippen molar-refractivity contribution in [3.05, 3.63) is 57.3 Å². The maximum absolute atomic E-state index is 6.08. The Morgan fingerprint density at radius 3 is 2.57 bits per heavy atom. The number of hydrogen-bond donors (Lipinski definition) is 0. The maximum atomic E-state index is 6.08. The molecule has 2 heterocycles. The molecule has 0 bridgehead atoms. The van der Waals surface area contributed by atoms with Crippen LogP contribution in [0.4, 0.5) is 11.5 Å². The molecule has 0 spiro atoms. The number of nitrogens with zero attached hydrogens (tertiary/aromatic N) is 4. The van der Waals surface area contributed by atoms with Gasteiger partial charge in [0.05, 0.1) is 20.8 Å². The van der Waals surface area contributed by atoms with Crippen LogP contribution in [0.15, 0.2) is 46.8 Å². The molecule has 0 aliphatic rings. The first kappa shape index (κ1) is 14.3. The molecule has 21 heavy (non-hydrogen) atoms. The highest BCUT2D eigenvalue weighted by Crippen LogP contribution is 2.35. The Labute approximate surface area is 136 Å². The molecular formula is C14H9Cl3N4. The number of imidazole rings is 1. The van der Waals surface area contributed by atoms with Gasteiger partial charge in [-0.25, -0.2) is 4.98 Å². The molecule has 0 saturated carbocycles. The standard InChI is InChI=1S/C14H9Cl3N4/c1-8-14(21-5-3-2-4-13(21)18-8)20-19-12-7-10(16)9(15)6-11(12)17/h2-7H,1H3. The minimum absolute atomic E-state index is 0.380. The minimum atomic E-state index is 0.380. The van der Waals surface area contributed by atoms with E-state index in [9.17, 15) is 0 Å². The molecule has 0 fully saturated rings. The van der Waals surface area contributed by atoms with Gasteiger partial charge in [-0.1, -0.05) is 40.9 Å². The van der Waals surface area contributed by atoms with Crippen LogP contribution in [0.2, 0.25) is 15.1 Å². The van der Waals surface area contributed by atoms with E-state index in [0.29, 0.717) is 26.6 Å². The largest absolute Gasteiger partial charge is 0.283 e. The summed E-state index contributed by atoms with van der Waals surface area (Å²) in [6.45, 7) is 1.87. The van der Waals surface area contributed by atoms with Gasteiger partial charge >= 0.3 is 0 Å². The number of hydrogen-bond acceptors (Lipinski definition) is 3. The van der Waals surface area contributed by atoms with E-state index < -0.39 is 0 Å². The monoisotopic (exact) mass is 338 g/mol. The maximum Gasteiger partial charge on any atom is 0.182 e. The van der Waals surface area contributed by atoms with E-state index in [1.807, 2.05) is 35.7 Å². The summed E-state index contributed by atoms with van der Waals surface area (Å²) in [6, 6.07) is 8.84. The normalized spacial score (nSPS) is 11.6. The van der Waals surface area contributed by atoms with Crippen LogP contribution in [0.25, 0.3) is 5.65 Å². The van der Waals surface area contributed by atoms with Gasteiger partial charge in [-0.3, -0.25) is 4.40 Å². The predicted octanol–water partition coefficient (Wildman–Crippen LogP) is 6.02. The van der Waals surface area contributed by atoms with Gasteiger partial charge in [0.25, 0.3) is 0 Å². The van der Waals surface area contributed by atoms with Gasteiger partial charge in [0.2, 0.25) is 0 Å². The first-order chi connectivity index (χ1) is 10.1. The van der Waals surface area contributed by atoms with Crippen molar-refractivity contribution in [1.82, 2.24) is 9.38 Å². The molecule has 4 nitrogen and oxygen atoms in total. The Bertz CT molecular complexity index is 855. The Kier molecular flexibility index (Phi) is 3.85. The van der Waals surface area contributed by atoms with Crippen LogP contribution in [-0.4, -0.2) is 9.38 Å². The molecule has 0 atom stereocenters. The first-order valence-electron chi connectivity index (χ1n) is 6.06. The number of aromatic nitrogens is 2. The highest BCUT2D eigenvalue weighted by molar-refractivity contribution is 6.43. The summed E-state index contributed by atoms with van der Waals surface area (Å²) in [4.78, 5) is 4.41. The smallest absolute Gasteiger partial charge is 0.182 e. The summed E-state index contributed by atoms with van der Waals surface area (Å²) in [5, 5.41) is 9.53. The molecule has 0 saturated heterocycles. The molecule has 7 heteroatoms. The summed E-state index contributed by atoms with van der Waals surface area (Å²) >= 11 is 17.9. The average Bonchev–Trinajstić information content (AvgIpc) is 2.77. The summed E-state index contributed by atoms with van der Waals surface area (Å²) in [5.41, 5.74) is 2.04. The zero-order valence-electron chi connectivity index (χ0n) is 10.9. The lowest BCUT2D eigenvalue weighted by atomic mass is 10.3. The molecule has 0 aliphatic carbocycles. The molecule has 1 aromatic carbocycles. The van der Waals surface area contributed by atoms with Crippen LogP contribution < -0.4 is 0 Å². The lowest BCUT2D eigenvalue weighted by Crippen LogP contribution is -1.81. The van der Waals surface area contributed by atoms with Gasteiger partial charge < -0.3 is 0 Å². The Morgan fingerprint density at radius 2 is 1.76 bits per heavy atom. The molecule has 0 radical (unpaired) electrons. The topological polar surface area (TPSA) is 42.0 Å². The van der Waals surface area contributed by atoms with Crippen molar-refractivity contribution in [2.24, 2.45) is 10.2 Å². The van der Waals surface area contributed by atoms with E-state index in [1.165, 1.54) is 0 Å². The Morgan fingerprint density at radius 1 is 1.00 bits per heavy atom. The number of aryl methyl sites for hydroxylation is 1. The molecule has 0 aliphatic heterocycles. The molecular weight excluding hydrogens is 331 g/mol. The van der Waals surface area contributed by atoms with Crippen LogP contribution >= 0.6 is 34.8 Å². The second-order valence-corrected chi connectivity index (χ2v) is 5.59. The number of halogens is 3. The summed E-state index contributed by atoms with van der Waals surface area (Å²) in [7, 11) is 0.